The number of nitro groups is 1. The van der Waals surface area contributed by atoms with E-state index in [0.29, 0.717) is 11.5 Å². The van der Waals surface area contributed by atoms with Gasteiger partial charge in [-0.3, -0.25) is 10.1 Å². The van der Waals surface area contributed by atoms with Gasteiger partial charge in [0.2, 0.25) is 5.82 Å². The van der Waals surface area contributed by atoms with E-state index in [1.54, 1.807) is 19.1 Å². The Labute approximate surface area is 131 Å². The largest absolute Gasteiger partial charge is 0.497 e. The summed E-state index contributed by atoms with van der Waals surface area (Å²) < 4.78 is 24.1. The van der Waals surface area contributed by atoms with Gasteiger partial charge in [-0.1, -0.05) is 0 Å². The van der Waals surface area contributed by atoms with Crippen LogP contribution in [0.15, 0.2) is 28.7 Å². The SMILES string of the molecule is COc1cc(F)c([N+](=O)[O-])c(NCC(C)(O)c2ccc(C)o2)c1. The van der Waals surface area contributed by atoms with Crippen molar-refractivity contribution in [1.29, 1.82) is 0 Å². The number of hydrogen-bond donors (Lipinski definition) is 2. The number of anilines is 1. The van der Waals surface area contributed by atoms with E-state index in [1.165, 1.54) is 20.1 Å². The fourth-order valence-electron chi connectivity index (χ4n) is 2.09. The zero-order valence-electron chi connectivity index (χ0n) is 12.9. The summed E-state index contributed by atoms with van der Waals surface area (Å²) in [6.45, 7) is 3.10. The second-order valence-electron chi connectivity index (χ2n) is 5.30. The number of nitrogens with zero attached hydrogens (tertiary/aromatic N) is 1. The molecule has 124 valence electrons. The molecule has 2 aromatic rings. The van der Waals surface area contributed by atoms with Crippen LogP contribution >= 0.6 is 0 Å². The molecule has 23 heavy (non-hydrogen) atoms. The molecule has 7 nitrogen and oxygen atoms in total. The lowest BCUT2D eigenvalue weighted by atomic mass is 10.0. The predicted octanol–water partition coefficient (Wildman–Crippen LogP) is 2.96. The summed E-state index contributed by atoms with van der Waals surface area (Å²) in [5.41, 5.74) is -2.23. The Kier molecular flexibility index (Phi) is 4.55. The molecule has 0 aliphatic rings. The molecule has 0 radical (unpaired) electrons. The van der Waals surface area contributed by atoms with E-state index in [0.717, 1.165) is 6.07 Å². The van der Waals surface area contributed by atoms with Crippen LogP contribution in [-0.2, 0) is 5.60 Å². The number of nitro benzene ring substituents is 1. The van der Waals surface area contributed by atoms with Gasteiger partial charge in [0.05, 0.1) is 18.6 Å². The van der Waals surface area contributed by atoms with Crippen LogP contribution in [0.2, 0.25) is 0 Å². The molecule has 1 aromatic heterocycles. The number of halogens is 1. The van der Waals surface area contributed by atoms with Crippen molar-refractivity contribution in [2.75, 3.05) is 19.0 Å². The maximum Gasteiger partial charge on any atom is 0.327 e. The number of benzene rings is 1. The van der Waals surface area contributed by atoms with E-state index in [1.807, 2.05) is 0 Å². The van der Waals surface area contributed by atoms with Crippen LogP contribution in [0, 0.1) is 22.9 Å². The molecular weight excluding hydrogens is 307 g/mol. The predicted molar refractivity (Wildman–Crippen MR) is 81.1 cm³/mol. The van der Waals surface area contributed by atoms with Gasteiger partial charge in [0.25, 0.3) is 0 Å². The van der Waals surface area contributed by atoms with Crippen molar-refractivity contribution in [2.45, 2.75) is 19.4 Å². The van der Waals surface area contributed by atoms with Crippen LogP contribution in [-0.4, -0.2) is 23.7 Å². The highest BCUT2D eigenvalue weighted by atomic mass is 19.1. The molecule has 0 spiro atoms. The van der Waals surface area contributed by atoms with Gasteiger partial charge in [-0.15, -0.1) is 0 Å². The lowest BCUT2D eigenvalue weighted by Gasteiger charge is -2.22. The maximum absolute atomic E-state index is 13.9. The topological polar surface area (TPSA) is 97.8 Å². The quantitative estimate of drug-likeness (QED) is 0.626. The van der Waals surface area contributed by atoms with E-state index < -0.39 is 22.0 Å². The third-order valence-electron chi connectivity index (χ3n) is 3.35. The number of ether oxygens (including phenoxy) is 1. The van der Waals surface area contributed by atoms with Gasteiger partial charge >= 0.3 is 5.69 Å². The Balaban J connectivity index is 2.29. The first-order valence-electron chi connectivity index (χ1n) is 6.79. The molecule has 0 amide bonds. The lowest BCUT2D eigenvalue weighted by molar-refractivity contribution is -0.386. The van der Waals surface area contributed by atoms with Crippen molar-refractivity contribution in [3.8, 4) is 5.75 Å². The minimum Gasteiger partial charge on any atom is -0.497 e. The Morgan fingerprint density at radius 1 is 1.48 bits per heavy atom. The van der Waals surface area contributed by atoms with Gasteiger partial charge in [-0.05, 0) is 26.0 Å². The van der Waals surface area contributed by atoms with Gasteiger partial charge in [0.1, 0.15) is 28.6 Å². The fourth-order valence-corrected chi connectivity index (χ4v) is 2.09. The summed E-state index contributed by atoms with van der Waals surface area (Å²) in [7, 11) is 1.33. The average Bonchev–Trinajstić information content (AvgIpc) is 2.91. The second-order valence-corrected chi connectivity index (χ2v) is 5.30. The molecule has 8 heteroatoms. The molecular formula is C15H17FN2O5. The van der Waals surface area contributed by atoms with Crippen molar-refractivity contribution < 1.29 is 23.6 Å². The van der Waals surface area contributed by atoms with Gasteiger partial charge < -0.3 is 19.6 Å². The van der Waals surface area contributed by atoms with Gasteiger partial charge in [-0.25, -0.2) is 0 Å². The van der Waals surface area contributed by atoms with Gasteiger partial charge in [0, 0.05) is 12.1 Å². The summed E-state index contributed by atoms with van der Waals surface area (Å²) in [4.78, 5) is 10.2. The Morgan fingerprint density at radius 2 is 2.17 bits per heavy atom. The lowest BCUT2D eigenvalue weighted by Crippen LogP contribution is -2.30. The standard InChI is InChI=1S/C15H17FN2O5/c1-9-4-5-13(23-9)15(2,19)8-17-12-7-10(22-3)6-11(16)14(12)18(20)21/h4-7,17,19H,8H2,1-3H3. The van der Waals surface area contributed by atoms with Crippen LogP contribution in [0.5, 0.6) is 5.75 Å². The summed E-state index contributed by atoms with van der Waals surface area (Å²) >= 11 is 0. The zero-order chi connectivity index (χ0) is 17.2. The molecule has 0 aliphatic carbocycles. The normalized spacial score (nSPS) is 13.4. The first kappa shape index (κ1) is 16.8. The number of furan rings is 1. The molecule has 1 heterocycles. The molecule has 1 unspecified atom stereocenters. The molecule has 1 atom stereocenters. The van der Waals surface area contributed by atoms with E-state index in [9.17, 15) is 19.6 Å². The van der Waals surface area contributed by atoms with Crippen LogP contribution in [0.3, 0.4) is 0 Å². The average molecular weight is 324 g/mol. The van der Waals surface area contributed by atoms with Crippen LogP contribution in [0.25, 0.3) is 0 Å². The highest BCUT2D eigenvalue weighted by molar-refractivity contribution is 5.65. The van der Waals surface area contributed by atoms with Crippen molar-refractivity contribution >= 4 is 11.4 Å². The smallest absolute Gasteiger partial charge is 0.327 e. The van der Waals surface area contributed by atoms with E-state index >= 15 is 0 Å². The maximum atomic E-state index is 13.9. The summed E-state index contributed by atoms with van der Waals surface area (Å²) in [6, 6.07) is 5.52. The summed E-state index contributed by atoms with van der Waals surface area (Å²) in [5, 5.41) is 24.2. The van der Waals surface area contributed by atoms with E-state index in [-0.39, 0.29) is 18.0 Å². The van der Waals surface area contributed by atoms with E-state index in [4.69, 9.17) is 9.15 Å². The molecule has 2 N–H and O–H groups in total. The Bertz CT molecular complexity index is 727. The number of methoxy groups -OCH3 is 1. The number of nitrogens with one attached hydrogen (secondary N) is 1. The summed E-state index contributed by atoms with van der Waals surface area (Å²) in [6.07, 6.45) is 0. The van der Waals surface area contributed by atoms with Crippen LogP contribution < -0.4 is 10.1 Å². The van der Waals surface area contributed by atoms with Crippen molar-refractivity contribution in [2.24, 2.45) is 0 Å². The highest BCUT2D eigenvalue weighted by Crippen LogP contribution is 2.33. The third kappa shape index (κ3) is 3.59. The molecule has 0 bridgehead atoms. The monoisotopic (exact) mass is 324 g/mol. The number of hydrogen-bond acceptors (Lipinski definition) is 6. The second kappa shape index (κ2) is 6.25. The Hall–Kier alpha value is -2.61. The van der Waals surface area contributed by atoms with Crippen LogP contribution in [0.4, 0.5) is 15.8 Å². The minimum absolute atomic E-state index is 0.0876. The molecule has 0 fully saturated rings. The van der Waals surface area contributed by atoms with Crippen LogP contribution in [0.1, 0.15) is 18.4 Å². The van der Waals surface area contributed by atoms with Gasteiger partial charge in [0.15, 0.2) is 0 Å². The van der Waals surface area contributed by atoms with Crippen molar-refractivity contribution in [3.63, 3.8) is 0 Å². The number of aryl methyl sites for hydroxylation is 1. The molecule has 0 aliphatic heterocycles. The highest BCUT2D eigenvalue weighted by Gasteiger charge is 2.29. The van der Waals surface area contributed by atoms with Crippen molar-refractivity contribution in [3.05, 3.63) is 51.7 Å². The van der Waals surface area contributed by atoms with Crippen molar-refractivity contribution in [1.82, 2.24) is 0 Å². The zero-order valence-corrected chi connectivity index (χ0v) is 12.9. The number of rotatable bonds is 6. The molecule has 0 saturated carbocycles. The molecule has 2 rings (SSSR count). The Morgan fingerprint density at radius 3 is 2.70 bits per heavy atom. The molecule has 0 saturated heterocycles. The molecule has 1 aromatic carbocycles. The third-order valence-corrected chi connectivity index (χ3v) is 3.35. The summed E-state index contributed by atoms with van der Waals surface area (Å²) in [5.74, 6) is 0.0293. The van der Waals surface area contributed by atoms with Gasteiger partial charge in [-0.2, -0.15) is 4.39 Å². The minimum atomic E-state index is -1.43. The first-order valence-corrected chi connectivity index (χ1v) is 6.79. The number of aliphatic hydroxyl groups is 1. The fraction of sp³-hybridized carbons (Fsp3) is 0.333. The van der Waals surface area contributed by atoms with E-state index in [2.05, 4.69) is 5.32 Å². The first-order chi connectivity index (χ1) is 10.7.